The van der Waals surface area contributed by atoms with Crippen molar-refractivity contribution in [2.45, 2.75) is 13.3 Å². The van der Waals surface area contributed by atoms with E-state index in [4.69, 9.17) is 17.3 Å². The van der Waals surface area contributed by atoms with E-state index in [0.717, 1.165) is 17.5 Å². The van der Waals surface area contributed by atoms with E-state index in [1.54, 1.807) is 6.20 Å². The first-order valence-corrected chi connectivity index (χ1v) is 4.60. The Morgan fingerprint density at radius 2 is 2.38 bits per heavy atom. The molecule has 0 unspecified atom stereocenters. The van der Waals surface area contributed by atoms with Crippen molar-refractivity contribution < 1.29 is 0 Å². The molecule has 0 bridgehead atoms. The summed E-state index contributed by atoms with van der Waals surface area (Å²) in [6.07, 6.45) is 6.57. The van der Waals surface area contributed by atoms with Gasteiger partial charge in [-0.25, -0.2) is 4.98 Å². The Kier molecular flexibility index (Phi) is 3.93. The largest absolute Gasteiger partial charge is 0.330 e. The SMILES string of the molecule is Cc1cnc(Cl)c(C=CCCN)c1. The van der Waals surface area contributed by atoms with Crippen molar-refractivity contribution in [3.05, 3.63) is 34.6 Å². The average Bonchev–Trinajstić information content (AvgIpc) is 2.11. The van der Waals surface area contributed by atoms with Gasteiger partial charge < -0.3 is 5.73 Å². The molecule has 0 aliphatic carbocycles. The molecule has 1 heterocycles. The van der Waals surface area contributed by atoms with E-state index in [0.29, 0.717) is 11.7 Å². The predicted molar refractivity (Wildman–Crippen MR) is 56.7 cm³/mol. The second-order valence-electron chi connectivity index (χ2n) is 2.87. The predicted octanol–water partition coefficient (Wildman–Crippen LogP) is 2.41. The molecule has 70 valence electrons. The molecule has 0 spiro atoms. The molecular formula is C10H13ClN2. The van der Waals surface area contributed by atoms with Crippen LogP contribution in [0.3, 0.4) is 0 Å². The molecule has 2 nitrogen and oxygen atoms in total. The van der Waals surface area contributed by atoms with Crippen LogP contribution in [0.4, 0.5) is 0 Å². The lowest BCUT2D eigenvalue weighted by molar-refractivity contribution is 1.01. The number of aryl methyl sites for hydroxylation is 1. The lowest BCUT2D eigenvalue weighted by Crippen LogP contribution is -1.95. The number of hydrogen-bond donors (Lipinski definition) is 1. The highest BCUT2D eigenvalue weighted by Gasteiger charge is 1.96. The highest BCUT2D eigenvalue weighted by Crippen LogP contribution is 2.15. The smallest absolute Gasteiger partial charge is 0.136 e. The third kappa shape index (κ3) is 3.17. The minimum Gasteiger partial charge on any atom is -0.330 e. The fourth-order valence-corrected chi connectivity index (χ4v) is 1.16. The number of aromatic nitrogens is 1. The van der Waals surface area contributed by atoms with Crippen LogP contribution in [0.25, 0.3) is 6.08 Å². The molecule has 2 N–H and O–H groups in total. The van der Waals surface area contributed by atoms with Gasteiger partial charge in [0.25, 0.3) is 0 Å². The van der Waals surface area contributed by atoms with Crippen LogP contribution in [-0.2, 0) is 0 Å². The molecule has 1 aromatic heterocycles. The van der Waals surface area contributed by atoms with Crippen LogP contribution in [0.1, 0.15) is 17.5 Å². The number of rotatable bonds is 3. The van der Waals surface area contributed by atoms with E-state index in [1.807, 2.05) is 25.1 Å². The Hall–Kier alpha value is -0.860. The number of hydrogen-bond acceptors (Lipinski definition) is 2. The van der Waals surface area contributed by atoms with Gasteiger partial charge in [-0.15, -0.1) is 0 Å². The Morgan fingerprint density at radius 1 is 1.62 bits per heavy atom. The second kappa shape index (κ2) is 5.00. The van der Waals surface area contributed by atoms with E-state index < -0.39 is 0 Å². The van der Waals surface area contributed by atoms with Crippen LogP contribution in [0.15, 0.2) is 18.3 Å². The van der Waals surface area contributed by atoms with Gasteiger partial charge in [-0.3, -0.25) is 0 Å². The first-order valence-electron chi connectivity index (χ1n) is 4.23. The van der Waals surface area contributed by atoms with Crippen LogP contribution in [0.5, 0.6) is 0 Å². The number of halogens is 1. The van der Waals surface area contributed by atoms with Crippen LogP contribution >= 0.6 is 11.6 Å². The highest BCUT2D eigenvalue weighted by atomic mass is 35.5. The Bertz CT molecular complexity index is 308. The van der Waals surface area contributed by atoms with E-state index >= 15 is 0 Å². The Labute approximate surface area is 83.4 Å². The molecule has 3 heteroatoms. The third-order valence-electron chi connectivity index (χ3n) is 1.63. The summed E-state index contributed by atoms with van der Waals surface area (Å²) in [7, 11) is 0. The first kappa shape index (κ1) is 10.2. The normalized spacial score (nSPS) is 11.0. The van der Waals surface area contributed by atoms with Crippen molar-refractivity contribution in [2.24, 2.45) is 5.73 Å². The molecule has 0 saturated heterocycles. The van der Waals surface area contributed by atoms with Crippen LogP contribution in [0.2, 0.25) is 5.15 Å². The van der Waals surface area contributed by atoms with Crippen molar-refractivity contribution in [3.63, 3.8) is 0 Å². The molecule has 13 heavy (non-hydrogen) atoms. The maximum Gasteiger partial charge on any atom is 0.136 e. The first-order chi connectivity index (χ1) is 6.24. The Balaban J connectivity index is 2.81. The second-order valence-corrected chi connectivity index (χ2v) is 3.23. The zero-order valence-corrected chi connectivity index (χ0v) is 8.38. The molecule has 0 aliphatic heterocycles. The third-order valence-corrected chi connectivity index (χ3v) is 1.95. The standard InChI is InChI=1S/C10H13ClN2/c1-8-6-9(4-2-3-5-12)10(11)13-7-8/h2,4,6-7H,3,5,12H2,1H3. The number of nitrogens with two attached hydrogens (primary N) is 1. The summed E-state index contributed by atoms with van der Waals surface area (Å²) < 4.78 is 0. The molecule has 0 fully saturated rings. The molecule has 0 aliphatic rings. The summed E-state index contributed by atoms with van der Waals surface area (Å²) in [6.45, 7) is 2.65. The number of pyridine rings is 1. The van der Waals surface area contributed by atoms with E-state index in [9.17, 15) is 0 Å². The molecular weight excluding hydrogens is 184 g/mol. The summed E-state index contributed by atoms with van der Waals surface area (Å²) in [5, 5.41) is 0.541. The van der Waals surface area contributed by atoms with Gasteiger partial charge >= 0.3 is 0 Å². The lowest BCUT2D eigenvalue weighted by Gasteiger charge is -1.98. The van der Waals surface area contributed by atoms with Gasteiger partial charge in [0.1, 0.15) is 5.15 Å². The van der Waals surface area contributed by atoms with Crippen LogP contribution < -0.4 is 5.73 Å². The van der Waals surface area contributed by atoms with Crippen molar-refractivity contribution >= 4 is 17.7 Å². The zero-order chi connectivity index (χ0) is 9.68. The highest BCUT2D eigenvalue weighted by molar-refractivity contribution is 6.30. The van der Waals surface area contributed by atoms with Crippen LogP contribution in [0, 0.1) is 6.92 Å². The van der Waals surface area contributed by atoms with Gasteiger partial charge in [0.2, 0.25) is 0 Å². The molecule has 1 rings (SSSR count). The maximum atomic E-state index is 5.88. The quantitative estimate of drug-likeness (QED) is 0.755. The van der Waals surface area contributed by atoms with Gasteiger partial charge in [-0.05, 0) is 31.5 Å². The van der Waals surface area contributed by atoms with Gasteiger partial charge in [-0.2, -0.15) is 0 Å². The lowest BCUT2D eigenvalue weighted by atomic mass is 10.2. The minimum atomic E-state index is 0.541. The van der Waals surface area contributed by atoms with Crippen LogP contribution in [-0.4, -0.2) is 11.5 Å². The number of nitrogens with zero attached hydrogens (tertiary/aromatic N) is 1. The van der Waals surface area contributed by atoms with Crippen molar-refractivity contribution in [1.82, 2.24) is 4.98 Å². The van der Waals surface area contributed by atoms with Gasteiger partial charge in [0.05, 0.1) is 0 Å². The molecule has 0 radical (unpaired) electrons. The van der Waals surface area contributed by atoms with E-state index in [1.165, 1.54) is 0 Å². The fourth-order valence-electron chi connectivity index (χ4n) is 0.999. The van der Waals surface area contributed by atoms with Gasteiger partial charge in [0.15, 0.2) is 0 Å². The molecule has 0 atom stereocenters. The average molecular weight is 197 g/mol. The Morgan fingerprint density at radius 3 is 3.08 bits per heavy atom. The van der Waals surface area contributed by atoms with Crippen molar-refractivity contribution in [3.8, 4) is 0 Å². The fraction of sp³-hybridized carbons (Fsp3) is 0.300. The van der Waals surface area contributed by atoms with E-state index in [-0.39, 0.29) is 0 Å². The van der Waals surface area contributed by atoms with E-state index in [2.05, 4.69) is 4.98 Å². The van der Waals surface area contributed by atoms with Crippen molar-refractivity contribution in [1.29, 1.82) is 0 Å². The summed E-state index contributed by atoms with van der Waals surface area (Å²) in [5.41, 5.74) is 7.42. The summed E-state index contributed by atoms with van der Waals surface area (Å²) >= 11 is 5.88. The summed E-state index contributed by atoms with van der Waals surface area (Å²) in [4.78, 5) is 4.04. The summed E-state index contributed by atoms with van der Waals surface area (Å²) in [6, 6.07) is 2.00. The molecule has 0 amide bonds. The molecule has 0 aromatic carbocycles. The monoisotopic (exact) mass is 196 g/mol. The topological polar surface area (TPSA) is 38.9 Å². The molecule has 1 aromatic rings. The minimum absolute atomic E-state index is 0.541. The summed E-state index contributed by atoms with van der Waals surface area (Å²) in [5.74, 6) is 0. The van der Waals surface area contributed by atoms with Gasteiger partial charge in [0, 0.05) is 11.8 Å². The molecule has 0 saturated carbocycles. The zero-order valence-electron chi connectivity index (χ0n) is 7.63. The van der Waals surface area contributed by atoms with Gasteiger partial charge in [-0.1, -0.05) is 23.8 Å². The maximum absolute atomic E-state index is 5.88. The van der Waals surface area contributed by atoms with Crippen molar-refractivity contribution in [2.75, 3.05) is 6.54 Å².